The number of amides is 1. The van der Waals surface area contributed by atoms with Gasteiger partial charge in [0.25, 0.3) is 5.91 Å². The molecule has 0 spiro atoms. The zero-order valence-corrected chi connectivity index (χ0v) is 17.6. The van der Waals surface area contributed by atoms with Crippen molar-refractivity contribution in [1.82, 2.24) is 4.31 Å². The number of benzene rings is 2. The largest absolute Gasteiger partial charge is 0.452 e. The van der Waals surface area contributed by atoms with Gasteiger partial charge in [0.2, 0.25) is 10.0 Å². The van der Waals surface area contributed by atoms with E-state index in [0.29, 0.717) is 11.6 Å². The highest BCUT2D eigenvalue weighted by Crippen LogP contribution is 2.28. The number of anilines is 1. The summed E-state index contributed by atoms with van der Waals surface area (Å²) < 4.78 is 31.2. The number of likely N-dealkylation sites (N-methyl/N-ethyl adjacent to an activating group) is 1. The molecular weight excluding hydrogens is 416 g/mol. The fourth-order valence-corrected chi connectivity index (χ4v) is 4.37. The molecule has 0 saturated carbocycles. The number of carbonyl (C=O) groups excluding carboxylic acids is 2. The second kappa shape index (κ2) is 8.52. The Morgan fingerprint density at radius 3 is 2.52 bits per heavy atom. The van der Waals surface area contributed by atoms with Crippen molar-refractivity contribution in [3.05, 3.63) is 59.1 Å². The molecule has 0 radical (unpaired) electrons. The number of carbonyl (C=O) groups is 2. The highest BCUT2D eigenvalue weighted by atomic mass is 35.5. The molecule has 2 aromatic rings. The van der Waals surface area contributed by atoms with Gasteiger partial charge in [0.05, 0.1) is 4.90 Å². The predicted octanol–water partition coefficient (Wildman–Crippen LogP) is 2.48. The van der Waals surface area contributed by atoms with Crippen LogP contribution in [0.15, 0.2) is 53.4 Å². The summed E-state index contributed by atoms with van der Waals surface area (Å²) in [4.78, 5) is 26.5. The van der Waals surface area contributed by atoms with Crippen molar-refractivity contribution in [1.29, 1.82) is 0 Å². The molecule has 29 heavy (non-hydrogen) atoms. The molecule has 0 fully saturated rings. The monoisotopic (exact) mass is 436 g/mol. The topological polar surface area (TPSA) is 84.0 Å². The number of esters is 1. The van der Waals surface area contributed by atoms with Crippen molar-refractivity contribution in [3.63, 3.8) is 0 Å². The minimum atomic E-state index is -3.88. The second-order valence-electron chi connectivity index (χ2n) is 6.72. The quantitative estimate of drug-likeness (QED) is 0.649. The molecule has 0 saturated heterocycles. The number of fused-ring (bicyclic) bond motifs is 1. The number of ether oxygens (including phenoxy) is 1. The third-order valence-electron chi connectivity index (χ3n) is 4.68. The van der Waals surface area contributed by atoms with Gasteiger partial charge in [-0.1, -0.05) is 29.8 Å². The lowest BCUT2D eigenvalue weighted by Crippen LogP contribution is -2.41. The van der Waals surface area contributed by atoms with Crippen LogP contribution in [0.2, 0.25) is 5.02 Å². The summed E-state index contributed by atoms with van der Waals surface area (Å²) in [5, 5.41) is 0.404. The average molecular weight is 437 g/mol. The van der Waals surface area contributed by atoms with E-state index in [1.54, 1.807) is 4.90 Å². The summed E-state index contributed by atoms with van der Waals surface area (Å²) in [5.74, 6) is -1.15. The van der Waals surface area contributed by atoms with E-state index in [4.69, 9.17) is 16.3 Å². The van der Waals surface area contributed by atoms with Crippen LogP contribution in [0.1, 0.15) is 12.5 Å². The number of sulfonamides is 1. The van der Waals surface area contributed by atoms with Crippen LogP contribution >= 0.6 is 11.6 Å². The van der Waals surface area contributed by atoms with E-state index >= 15 is 0 Å². The predicted molar refractivity (Wildman–Crippen MR) is 109 cm³/mol. The standard InChI is InChI=1S/C20H21ClN2O5S/c1-14(20(25)23-12-11-15-5-3-4-6-18(15)23)28-19(24)13-22(2)29(26,27)17-9-7-16(21)8-10-17/h3-10,14H,11-13H2,1-2H3. The molecule has 1 amide bonds. The summed E-state index contributed by atoms with van der Waals surface area (Å²) in [7, 11) is -2.61. The zero-order chi connectivity index (χ0) is 21.2. The van der Waals surface area contributed by atoms with E-state index in [-0.39, 0.29) is 10.8 Å². The number of hydrogen-bond acceptors (Lipinski definition) is 5. The Morgan fingerprint density at radius 2 is 1.83 bits per heavy atom. The van der Waals surface area contributed by atoms with E-state index in [2.05, 4.69) is 0 Å². The van der Waals surface area contributed by atoms with Crippen molar-refractivity contribution >= 4 is 39.2 Å². The molecule has 7 nitrogen and oxygen atoms in total. The average Bonchev–Trinajstić information content (AvgIpc) is 3.11. The van der Waals surface area contributed by atoms with Crippen LogP contribution in [0.3, 0.4) is 0 Å². The van der Waals surface area contributed by atoms with E-state index in [1.807, 2.05) is 24.3 Å². The first-order valence-corrected chi connectivity index (χ1v) is 10.8. The van der Waals surface area contributed by atoms with Crippen molar-refractivity contribution in [2.45, 2.75) is 24.3 Å². The fraction of sp³-hybridized carbons (Fsp3) is 0.300. The number of para-hydroxylation sites is 1. The van der Waals surface area contributed by atoms with Gasteiger partial charge in [0.15, 0.2) is 6.10 Å². The molecule has 1 heterocycles. The summed E-state index contributed by atoms with van der Waals surface area (Å²) in [6.07, 6.45) is -0.287. The van der Waals surface area contributed by atoms with Gasteiger partial charge in [0, 0.05) is 24.3 Å². The van der Waals surface area contributed by atoms with Crippen molar-refractivity contribution in [2.75, 3.05) is 25.0 Å². The maximum atomic E-state index is 12.7. The minimum Gasteiger partial charge on any atom is -0.452 e. The molecule has 154 valence electrons. The minimum absolute atomic E-state index is 0.00926. The van der Waals surface area contributed by atoms with Gasteiger partial charge in [0.1, 0.15) is 6.54 Å². The molecule has 3 rings (SSSR count). The Morgan fingerprint density at radius 1 is 1.17 bits per heavy atom. The maximum Gasteiger partial charge on any atom is 0.322 e. The van der Waals surface area contributed by atoms with Crippen molar-refractivity contribution in [3.8, 4) is 0 Å². The molecule has 0 aromatic heterocycles. The summed E-state index contributed by atoms with van der Waals surface area (Å²) >= 11 is 5.78. The number of nitrogens with zero attached hydrogens (tertiary/aromatic N) is 2. The van der Waals surface area contributed by atoms with Crippen molar-refractivity contribution < 1.29 is 22.7 Å². The lowest BCUT2D eigenvalue weighted by molar-refractivity contribution is -0.153. The van der Waals surface area contributed by atoms with Crippen LogP contribution in [0.5, 0.6) is 0 Å². The molecule has 1 unspecified atom stereocenters. The number of rotatable bonds is 6. The highest BCUT2D eigenvalue weighted by molar-refractivity contribution is 7.89. The van der Waals surface area contributed by atoms with E-state index in [0.717, 1.165) is 22.0 Å². The van der Waals surface area contributed by atoms with E-state index in [1.165, 1.54) is 38.2 Å². The van der Waals surface area contributed by atoms with E-state index in [9.17, 15) is 18.0 Å². The van der Waals surface area contributed by atoms with Crippen LogP contribution in [-0.4, -0.2) is 50.8 Å². The second-order valence-corrected chi connectivity index (χ2v) is 9.20. The molecule has 1 atom stereocenters. The van der Waals surface area contributed by atoms with Gasteiger partial charge in [-0.05, 0) is 49.2 Å². The molecule has 0 N–H and O–H groups in total. The summed E-state index contributed by atoms with van der Waals surface area (Å²) in [6, 6.07) is 13.2. The van der Waals surface area contributed by atoms with Crippen LogP contribution in [0, 0.1) is 0 Å². The van der Waals surface area contributed by atoms with Gasteiger partial charge in [-0.25, -0.2) is 8.42 Å². The number of hydrogen-bond donors (Lipinski definition) is 0. The van der Waals surface area contributed by atoms with Gasteiger partial charge in [-0.3, -0.25) is 9.59 Å². The highest BCUT2D eigenvalue weighted by Gasteiger charge is 2.31. The van der Waals surface area contributed by atoms with Crippen LogP contribution in [-0.2, 0) is 30.8 Å². The smallest absolute Gasteiger partial charge is 0.322 e. The SMILES string of the molecule is CC(OC(=O)CN(C)S(=O)(=O)c1ccc(Cl)cc1)C(=O)N1CCc2ccccc21. The first-order valence-electron chi connectivity index (χ1n) is 9.01. The lowest BCUT2D eigenvalue weighted by Gasteiger charge is -2.23. The first-order chi connectivity index (χ1) is 13.7. The normalized spacial score (nSPS) is 14.6. The van der Waals surface area contributed by atoms with Gasteiger partial charge < -0.3 is 9.64 Å². The third-order valence-corrected chi connectivity index (χ3v) is 6.75. The molecule has 1 aliphatic heterocycles. The van der Waals surface area contributed by atoms with Crippen LogP contribution in [0.25, 0.3) is 0 Å². The molecule has 0 aliphatic carbocycles. The van der Waals surface area contributed by atoms with Crippen molar-refractivity contribution in [2.24, 2.45) is 0 Å². The Kier molecular flexibility index (Phi) is 6.26. The summed E-state index contributed by atoms with van der Waals surface area (Å²) in [5.41, 5.74) is 1.87. The van der Waals surface area contributed by atoms with Crippen LogP contribution < -0.4 is 4.90 Å². The Labute approximate surface area is 174 Å². The summed E-state index contributed by atoms with van der Waals surface area (Å²) in [6.45, 7) is 1.49. The fourth-order valence-electron chi connectivity index (χ4n) is 3.12. The molecule has 0 bridgehead atoms. The molecule has 1 aliphatic rings. The molecule has 2 aromatic carbocycles. The lowest BCUT2D eigenvalue weighted by atomic mass is 10.2. The Balaban J connectivity index is 1.61. The van der Waals surface area contributed by atoms with Gasteiger partial charge >= 0.3 is 5.97 Å². The van der Waals surface area contributed by atoms with Crippen LogP contribution in [0.4, 0.5) is 5.69 Å². The molecular formula is C20H21ClN2O5S. The third kappa shape index (κ3) is 4.60. The zero-order valence-electron chi connectivity index (χ0n) is 16.0. The van der Waals surface area contributed by atoms with Gasteiger partial charge in [-0.15, -0.1) is 0 Å². The Bertz CT molecular complexity index is 1020. The molecule has 9 heteroatoms. The Hall–Kier alpha value is -2.42. The maximum absolute atomic E-state index is 12.7. The number of halogens is 1. The first kappa shape index (κ1) is 21.3. The van der Waals surface area contributed by atoms with E-state index < -0.39 is 28.6 Å². The van der Waals surface area contributed by atoms with Gasteiger partial charge in [-0.2, -0.15) is 4.31 Å².